The van der Waals surface area contributed by atoms with E-state index in [2.05, 4.69) is 0 Å². The van der Waals surface area contributed by atoms with Crippen LogP contribution in [0.1, 0.15) is 5.56 Å². The number of phenols is 1. The Kier molecular flexibility index (Phi) is 9.99. The predicted octanol–water partition coefficient (Wildman–Crippen LogP) is -2.62. The van der Waals surface area contributed by atoms with Gasteiger partial charge in [-0.25, -0.2) is 0 Å². The van der Waals surface area contributed by atoms with Gasteiger partial charge >= 0.3 is 0 Å². The Bertz CT molecular complexity index is 1370. The van der Waals surface area contributed by atoms with E-state index in [9.17, 15) is 51.1 Å². The van der Waals surface area contributed by atoms with Crippen molar-refractivity contribution in [3.8, 4) is 17.2 Å². The molecule has 46 heavy (non-hydrogen) atoms. The molecule has 0 saturated carbocycles. The van der Waals surface area contributed by atoms with Crippen LogP contribution in [-0.4, -0.2) is 146 Å². The molecule has 0 spiro atoms. The van der Waals surface area contributed by atoms with E-state index in [0.717, 1.165) is 6.08 Å². The van der Waals surface area contributed by atoms with Crippen LogP contribution in [0, 0.1) is 0 Å². The van der Waals surface area contributed by atoms with Crippen molar-refractivity contribution in [2.24, 2.45) is 0 Å². The summed E-state index contributed by atoms with van der Waals surface area (Å²) in [5.41, 5.74) is 0.330. The van der Waals surface area contributed by atoms with Crippen molar-refractivity contribution in [1.29, 1.82) is 0 Å². The van der Waals surface area contributed by atoms with Gasteiger partial charge in [0.15, 0.2) is 23.0 Å². The molecule has 1 aliphatic carbocycles. The lowest BCUT2D eigenvalue weighted by Gasteiger charge is -2.41. The van der Waals surface area contributed by atoms with E-state index in [-0.39, 0.29) is 51.4 Å². The Balaban J connectivity index is 1.58. The lowest BCUT2D eigenvalue weighted by molar-refractivity contribution is -0.291. The minimum atomic E-state index is -1.82. The van der Waals surface area contributed by atoms with Gasteiger partial charge < -0.3 is 84.2 Å². The highest BCUT2D eigenvalue weighted by Gasteiger charge is 2.47. The first kappa shape index (κ1) is 33.7. The number of phenolic OH excluding ortho intramolecular Hbond substituents is 1. The van der Waals surface area contributed by atoms with Gasteiger partial charge in [0, 0.05) is 23.3 Å². The molecular weight excluding hydrogens is 620 g/mol. The second kappa shape index (κ2) is 13.6. The quantitative estimate of drug-likeness (QED) is 0.130. The normalized spacial score (nSPS) is 36.0. The summed E-state index contributed by atoms with van der Waals surface area (Å²) in [4.78, 5) is 0. The molecule has 10 N–H and O–H groups in total. The maximum absolute atomic E-state index is 10.7. The van der Waals surface area contributed by atoms with Gasteiger partial charge in [-0.3, -0.25) is 0 Å². The number of ether oxygens (including phenoxy) is 7. The van der Waals surface area contributed by atoms with Gasteiger partial charge in [-0.15, -0.1) is 0 Å². The van der Waals surface area contributed by atoms with Gasteiger partial charge in [-0.2, -0.15) is 0 Å². The lowest BCUT2D eigenvalue weighted by atomic mass is 9.96. The topological polar surface area (TPSA) is 267 Å². The van der Waals surface area contributed by atoms with E-state index in [1.807, 2.05) is 0 Å². The number of rotatable bonds is 9. The van der Waals surface area contributed by atoms with E-state index in [1.54, 1.807) is 0 Å². The SMILES string of the molecule is COc1cc(C2=C(O[C@@H]3O[C@H](CO)[C@@H](O)[C@H](O)[C@H]3O)C=C3C(O[C@@H]4O[C@H](CO)[C@@H](O)[C@H](O)[C@H]4O)=CC(O)=CC3O2)cc(OC)c1O. The number of allylic oxidation sites excluding steroid dienone is 2. The summed E-state index contributed by atoms with van der Waals surface area (Å²) < 4.78 is 39.5. The Morgan fingerprint density at radius 2 is 1.22 bits per heavy atom. The van der Waals surface area contributed by atoms with Gasteiger partial charge in [-0.1, -0.05) is 0 Å². The minimum absolute atomic E-state index is 0.0269. The van der Waals surface area contributed by atoms with Crippen LogP contribution in [0.25, 0.3) is 5.76 Å². The summed E-state index contributed by atoms with van der Waals surface area (Å²) in [6.45, 7) is -1.45. The van der Waals surface area contributed by atoms with Crippen LogP contribution in [-0.2, 0) is 23.7 Å². The van der Waals surface area contributed by atoms with Gasteiger partial charge in [0.2, 0.25) is 18.3 Å². The number of aromatic hydroxyl groups is 1. The van der Waals surface area contributed by atoms with Gasteiger partial charge in [0.25, 0.3) is 0 Å². The third-order valence-electron chi connectivity index (χ3n) is 7.87. The molecule has 2 fully saturated rings. The smallest absolute Gasteiger partial charge is 0.229 e. The van der Waals surface area contributed by atoms with Crippen molar-refractivity contribution in [2.75, 3.05) is 27.4 Å². The second-order valence-electron chi connectivity index (χ2n) is 10.8. The zero-order valence-electron chi connectivity index (χ0n) is 24.5. The molecule has 1 unspecified atom stereocenters. The van der Waals surface area contributed by atoms with Crippen LogP contribution in [0.5, 0.6) is 17.2 Å². The molecule has 17 nitrogen and oxygen atoms in total. The van der Waals surface area contributed by atoms with E-state index in [0.29, 0.717) is 0 Å². The molecule has 4 aliphatic rings. The number of benzene rings is 1. The summed E-state index contributed by atoms with van der Waals surface area (Å²) in [5, 5.41) is 102. The van der Waals surface area contributed by atoms with Gasteiger partial charge in [0.1, 0.15) is 66.5 Å². The Morgan fingerprint density at radius 1 is 0.696 bits per heavy atom. The first-order valence-electron chi connectivity index (χ1n) is 14.1. The highest BCUT2D eigenvalue weighted by molar-refractivity contribution is 5.72. The number of hydrogen-bond acceptors (Lipinski definition) is 17. The van der Waals surface area contributed by atoms with E-state index < -0.39 is 80.7 Å². The molecule has 1 aromatic rings. The first-order valence-corrected chi connectivity index (χ1v) is 14.1. The zero-order valence-corrected chi connectivity index (χ0v) is 24.5. The summed E-state index contributed by atoms with van der Waals surface area (Å²) in [6.07, 6.45) is -13.7. The number of methoxy groups -OCH3 is 2. The Hall–Kier alpha value is -3.62. The van der Waals surface area contributed by atoms with Crippen LogP contribution < -0.4 is 9.47 Å². The molecule has 11 atom stereocenters. The highest BCUT2D eigenvalue weighted by atomic mass is 16.7. The summed E-state index contributed by atoms with van der Waals surface area (Å²) in [6, 6.07) is 2.74. The molecule has 3 heterocycles. The molecular formula is C29H36O17. The molecule has 17 heteroatoms. The fraction of sp³-hybridized carbons (Fsp3) is 0.517. The molecule has 0 radical (unpaired) electrons. The minimum Gasteiger partial charge on any atom is -0.508 e. The predicted molar refractivity (Wildman–Crippen MR) is 150 cm³/mol. The second-order valence-corrected chi connectivity index (χ2v) is 10.8. The largest absolute Gasteiger partial charge is 0.508 e. The number of aliphatic hydroxyl groups excluding tert-OH is 9. The van der Waals surface area contributed by atoms with Crippen LogP contribution in [0.4, 0.5) is 0 Å². The number of aliphatic hydroxyl groups is 9. The summed E-state index contributed by atoms with van der Waals surface area (Å²) in [5.74, 6) is -1.17. The molecule has 254 valence electrons. The summed E-state index contributed by atoms with van der Waals surface area (Å²) >= 11 is 0. The zero-order chi connectivity index (χ0) is 33.4. The van der Waals surface area contributed by atoms with Crippen LogP contribution in [0.3, 0.4) is 0 Å². The Labute approximate surface area is 261 Å². The van der Waals surface area contributed by atoms with Crippen LogP contribution in [0.15, 0.2) is 53.2 Å². The molecule has 5 rings (SSSR count). The molecule has 0 amide bonds. The van der Waals surface area contributed by atoms with Gasteiger partial charge in [-0.05, 0) is 18.2 Å². The molecule has 1 aromatic carbocycles. The molecule has 0 bridgehead atoms. The standard InChI is InChI=1S/C29H36O17/c1-40-15-3-10(4-16(41-2)20(15)33)27-17(44-29-26(39)24(37)22(35)19(9-31)46-29)7-12-13(42-27)5-11(32)6-14(12)43-28-25(38)23(36)21(34)18(8-30)45-28/h3-7,13,18-19,21-26,28-39H,8-9H2,1-2H3/t13?,18-,19-,21-,22-,23+,24+,25-,26-,28-,29-/m1/s1. The summed E-state index contributed by atoms with van der Waals surface area (Å²) in [7, 11) is 2.60. The van der Waals surface area contributed by atoms with E-state index in [1.165, 1.54) is 38.5 Å². The first-order chi connectivity index (χ1) is 21.9. The van der Waals surface area contributed by atoms with Crippen LogP contribution in [0.2, 0.25) is 0 Å². The molecule has 0 aromatic heterocycles. The van der Waals surface area contributed by atoms with Crippen molar-refractivity contribution in [3.05, 3.63) is 58.8 Å². The maximum atomic E-state index is 10.7. The highest BCUT2D eigenvalue weighted by Crippen LogP contribution is 2.44. The Morgan fingerprint density at radius 3 is 1.72 bits per heavy atom. The third-order valence-corrected chi connectivity index (χ3v) is 7.87. The third kappa shape index (κ3) is 6.21. The average molecular weight is 657 g/mol. The maximum Gasteiger partial charge on any atom is 0.229 e. The van der Waals surface area contributed by atoms with Crippen molar-refractivity contribution in [2.45, 2.75) is 67.5 Å². The average Bonchev–Trinajstić information content (AvgIpc) is 3.05. The van der Waals surface area contributed by atoms with Crippen molar-refractivity contribution < 1.29 is 84.2 Å². The lowest BCUT2D eigenvalue weighted by Crippen LogP contribution is -2.59. The number of fused-ring (bicyclic) bond motifs is 1. The van der Waals surface area contributed by atoms with Crippen molar-refractivity contribution >= 4 is 5.76 Å². The van der Waals surface area contributed by atoms with E-state index >= 15 is 0 Å². The van der Waals surface area contributed by atoms with Crippen molar-refractivity contribution in [3.63, 3.8) is 0 Å². The molecule has 2 saturated heterocycles. The number of hydrogen-bond donors (Lipinski definition) is 10. The van der Waals surface area contributed by atoms with Crippen molar-refractivity contribution in [1.82, 2.24) is 0 Å². The van der Waals surface area contributed by atoms with Crippen LogP contribution >= 0.6 is 0 Å². The van der Waals surface area contributed by atoms with Gasteiger partial charge in [0.05, 0.1) is 27.4 Å². The monoisotopic (exact) mass is 656 g/mol. The fourth-order valence-corrected chi connectivity index (χ4v) is 5.30. The molecule has 3 aliphatic heterocycles. The fourth-order valence-electron chi connectivity index (χ4n) is 5.30. The van der Waals surface area contributed by atoms with E-state index in [4.69, 9.17) is 33.2 Å².